The minimum absolute atomic E-state index is 0.0334. The highest BCUT2D eigenvalue weighted by Crippen LogP contribution is 2.40. The second-order valence-corrected chi connectivity index (χ2v) is 18.8. The van der Waals surface area contributed by atoms with Crippen molar-refractivity contribution in [3.63, 3.8) is 0 Å². The number of aliphatic hydroxyl groups excluding tert-OH is 2. The Morgan fingerprint density at radius 3 is 2.05 bits per heavy atom. The number of nitriles is 1. The Balaban J connectivity index is 1.64. The average molecular weight is 1030 g/mol. The smallest absolute Gasteiger partial charge is 0.274 e. The summed E-state index contributed by atoms with van der Waals surface area (Å²) in [5, 5.41) is 45.6. The normalized spacial score (nSPS) is 17.1. The number of ether oxygens (including phenoxy) is 3. The molecule has 6 unspecified atom stereocenters. The Bertz CT molecular complexity index is 2790. The van der Waals surface area contributed by atoms with Crippen molar-refractivity contribution in [3.05, 3.63) is 88.7 Å². The van der Waals surface area contributed by atoms with Gasteiger partial charge in [0.1, 0.15) is 73.4 Å². The second-order valence-electron chi connectivity index (χ2n) is 17.4. The molecule has 1 aromatic heterocycles. The van der Waals surface area contributed by atoms with Crippen LogP contribution in [-0.4, -0.2) is 146 Å². The van der Waals surface area contributed by atoms with E-state index < -0.39 is 82.7 Å². The molecular weight excluding hydrogens is 969 g/mol. The van der Waals surface area contributed by atoms with Crippen LogP contribution in [0, 0.1) is 25.2 Å². The number of carbonyl (C=O) groups excluding carboxylic acids is 5. The molecular formula is C48H62N12O12S. The fraction of sp³-hybridized carbons (Fsp3) is 0.417. The van der Waals surface area contributed by atoms with E-state index >= 15 is 0 Å². The van der Waals surface area contributed by atoms with Crippen LogP contribution in [0.1, 0.15) is 59.7 Å². The molecule has 1 aliphatic rings. The predicted octanol–water partition coefficient (Wildman–Crippen LogP) is -1.11. The molecule has 1 aliphatic heterocycles. The van der Waals surface area contributed by atoms with Crippen LogP contribution in [0.4, 0.5) is 0 Å². The SMILES string of the molecule is Cc1nc(-c2ccc(OC(C)C)cc2)nc(C)c1C(=O)NC(CNS(N)(=O)=O)C(=O)N(C)C1C(=O)NC(C)C(=O)NC(C(=O)NCC#N)Cc2ccc(OCC(O)CN)c(c2)-c2cc1ccc2OCC(O)CN. The van der Waals surface area contributed by atoms with E-state index in [-0.39, 0.29) is 96.3 Å². The lowest BCUT2D eigenvalue weighted by Gasteiger charge is -2.33. The van der Waals surface area contributed by atoms with Crippen molar-refractivity contribution in [2.75, 3.05) is 46.4 Å². The summed E-state index contributed by atoms with van der Waals surface area (Å²) in [6, 6.07) is 11.8. The van der Waals surface area contributed by atoms with E-state index in [0.29, 0.717) is 16.9 Å². The highest BCUT2D eigenvalue weighted by Gasteiger charge is 2.37. The summed E-state index contributed by atoms with van der Waals surface area (Å²) in [4.78, 5) is 81.1. The van der Waals surface area contributed by atoms with Gasteiger partial charge in [0.05, 0.1) is 29.1 Å². The summed E-state index contributed by atoms with van der Waals surface area (Å²) in [5.74, 6) is -3.24. The Morgan fingerprint density at radius 1 is 0.904 bits per heavy atom. The number of fused-ring (bicyclic) bond motifs is 5. The van der Waals surface area contributed by atoms with Crippen LogP contribution in [0.5, 0.6) is 17.2 Å². The van der Waals surface area contributed by atoms with Crippen LogP contribution >= 0.6 is 0 Å². The predicted molar refractivity (Wildman–Crippen MR) is 265 cm³/mol. The number of carbonyl (C=O) groups is 5. The first kappa shape index (κ1) is 56.6. The molecule has 392 valence electrons. The molecule has 6 atom stereocenters. The van der Waals surface area contributed by atoms with Gasteiger partial charge in [0.2, 0.25) is 23.6 Å². The standard InChI is InChI=1S/C48H62N12O12S/c1-25(2)72-34-11-8-30(9-12-34)43-55-26(3)41(27(4)56-43)46(65)59-38(22-54-73(52,68)69)48(67)60(6)42-31-10-14-40(71-24-33(62)21-51)36(19-31)35-17-29(7-13-39(35)70-23-32(61)20-50)18-37(45(64)53-16-15-49)58-44(63)28(5)57-47(42)66/h7-14,17,19,25,28,32-33,37-38,42,54,61-62H,16,18,20-24,50-51H2,1-6H3,(H,53,64)(H,57,66)(H,58,63)(H,59,65)(H2,52,68,69). The van der Waals surface area contributed by atoms with Crippen molar-refractivity contribution in [2.45, 2.75) is 83.5 Å². The van der Waals surface area contributed by atoms with E-state index in [2.05, 4.69) is 31.2 Å². The van der Waals surface area contributed by atoms with Crippen molar-refractivity contribution >= 4 is 39.7 Å². The third-order valence-electron chi connectivity index (χ3n) is 11.3. The van der Waals surface area contributed by atoms with E-state index in [4.69, 9.17) is 30.8 Å². The van der Waals surface area contributed by atoms with Crippen molar-refractivity contribution < 1.29 is 56.8 Å². The quantitative estimate of drug-likeness (QED) is 0.0469. The number of benzene rings is 3. The number of likely N-dealkylation sites (N-methyl/N-ethyl adjacent to an activating group) is 1. The molecule has 5 rings (SSSR count). The van der Waals surface area contributed by atoms with Crippen molar-refractivity contribution in [1.82, 2.24) is 40.9 Å². The molecule has 4 aromatic rings. The average Bonchev–Trinajstić information content (AvgIpc) is 3.34. The zero-order valence-electron chi connectivity index (χ0n) is 41.2. The summed E-state index contributed by atoms with van der Waals surface area (Å²) in [6.45, 7) is 6.14. The van der Waals surface area contributed by atoms with Crippen molar-refractivity contribution in [1.29, 1.82) is 5.26 Å². The number of nitrogens with zero attached hydrogens (tertiary/aromatic N) is 4. The van der Waals surface area contributed by atoms with Gasteiger partial charge in [-0.05, 0) is 94.3 Å². The molecule has 24 nitrogen and oxygen atoms in total. The number of rotatable bonds is 20. The van der Waals surface area contributed by atoms with E-state index in [1.54, 1.807) is 50.2 Å². The molecule has 13 N–H and O–H groups in total. The van der Waals surface area contributed by atoms with Crippen LogP contribution < -0.4 is 56.8 Å². The zero-order chi connectivity index (χ0) is 53.7. The lowest BCUT2D eigenvalue weighted by Crippen LogP contribution is -2.57. The Labute approximate surface area is 422 Å². The first-order chi connectivity index (χ1) is 34.5. The molecule has 2 heterocycles. The number of nitrogens with two attached hydrogens (primary N) is 3. The first-order valence-electron chi connectivity index (χ1n) is 23.1. The van der Waals surface area contributed by atoms with Crippen LogP contribution in [0.15, 0.2) is 60.7 Å². The summed E-state index contributed by atoms with van der Waals surface area (Å²) < 4.78 is 44.5. The number of aliphatic hydroxyl groups is 2. The maximum absolute atomic E-state index is 14.9. The van der Waals surface area contributed by atoms with Crippen LogP contribution in [0.2, 0.25) is 0 Å². The van der Waals surface area contributed by atoms with Crippen LogP contribution in [-0.2, 0) is 35.8 Å². The Morgan fingerprint density at radius 2 is 1.49 bits per heavy atom. The summed E-state index contributed by atoms with van der Waals surface area (Å²) in [6.07, 6.45) is -2.41. The van der Waals surface area contributed by atoms with Crippen LogP contribution in [0.3, 0.4) is 0 Å². The molecule has 0 saturated carbocycles. The highest BCUT2D eigenvalue weighted by atomic mass is 32.2. The Hall–Kier alpha value is -7.31. The third-order valence-corrected chi connectivity index (χ3v) is 11.9. The number of aryl methyl sites for hydroxylation is 2. The van der Waals surface area contributed by atoms with Gasteiger partial charge in [-0.1, -0.05) is 12.1 Å². The van der Waals surface area contributed by atoms with Crippen molar-refractivity contribution in [2.24, 2.45) is 16.6 Å². The molecule has 5 amide bonds. The number of nitrogens with one attached hydrogen (secondary N) is 5. The number of hydrogen-bond donors (Lipinski definition) is 10. The van der Waals surface area contributed by atoms with E-state index in [0.717, 1.165) is 4.90 Å². The van der Waals surface area contributed by atoms with Gasteiger partial charge in [-0.25, -0.2) is 15.1 Å². The Kier molecular flexibility index (Phi) is 19.7. The van der Waals surface area contributed by atoms with E-state index in [9.17, 15) is 47.9 Å². The molecule has 4 bridgehead atoms. The van der Waals surface area contributed by atoms with Gasteiger partial charge in [0, 0.05) is 49.8 Å². The maximum atomic E-state index is 14.9. The summed E-state index contributed by atoms with van der Waals surface area (Å²) >= 11 is 0. The zero-order valence-corrected chi connectivity index (χ0v) is 42.0. The molecule has 0 fully saturated rings. The highest BCUT2D eigenvalue weighted by molar-refractivity contribution is 7.87. The minimum Gasteiger partial charge on any atom is -0.491 e. The van der Waals surface area contributed by atoms with Gasteiger partial charge >= 0.3 is 0 Å². The van der Waals surface area contributed by atoms with E-state index in [1.165, 1.54) is 38.2 Å². The molecule has 73 heavy (non-hydrogen) atoms. The maximum Gasteiger partial charge on any atom is 0.274 e. The molecule has 0 spiro atoms. The lowest BCUT2D eigenvalue weighted by atomic mass is 9.93. The van der Waals surface area contributed by atoms with E-state index in [1.807, 2.05) is 24.6 Å². The third kappa shape index (κ3) is 15.4. The molecule has 0 aliphatic carbocycles. The second kappa shape index (κ2) is 25.4. The monoisotopic (exact) mass is 1030 g/mol. The van der Waals surface area contributed by atoms with Gasteiger partial charge in [0.15, 0.2) is 5.82 Å². The topological polar surface area (TPSA) is 379 Å². The molecule has 0 saturated heterocycles. The molecule has 0 radical (unpaired) electrons. The molecule has 3 aromatic carbocycles. The fourth-order valence-corrected chi connectivity index (χ4v) is 8.03. The lowest BCUT2D eigenvalue weighted by molar-refractivity contribution is -0.141. The fourth-order valence-electron chi connectivity index (χ4n) is 7.63. The van der Waals surface area contributed by atoms with Gasteiger partial charge in [-0.3, -0.25) is 24.0 Å². The molecule has 25 heteroatoms. The van der Waals surface area contributed by atoms with Crippen LogP contribution in [0.25, 0.3) is 22.5 Å². The van der Waals surface area contributed by atoms with Crippen molar-refractivity contribution in [3.8, 4) is 45.8 Å². The first-order valence-corrected chi connectivity index (χ1v) is 24.6. The summed E-state index contributed by atoms with van der Waals surface area (Å²) in [5.41, 5.74) is 13.4. The van der Waals surface area contributed by atoms with Gasteiger partial charge < -0.3 is 62.1 Å². The number of amides is 5. The van der Waals surface area contributed by atoms with Gasteiger partial charge in [-0.2, -0.15) is 18.4 Å². The largest absolute Gasteiger partial charge is 0.491 e. The number of aromatic nitrogens is 2. The van der Waals surface area contributed by atoms with Gasteiger partial charge in [0.25, 0.3) is 16.1 Å². The summed E-state index contributed by atoms with van der Waals surface area (Å²) in [7, 11) is -3.28. The van der Waals surface area contributed by atoms with Gasteiger partial charge in [-0.15, -0.1) is 0 Å². The number of hydrogen-bond acceptors (Lipinski definition) is 17. The minimum atomic E-state index is -4.49.